The first-order chi connectivity index (χ1) is 18.7. The molecule has 6 N–H and O–H groups in total. The second-order valence-corrected chi connectivity index (χ2v) is 10.8. The largest absolute Gasteiger partial charge is 0.506 e. The highest BCUT2D eigenvalue weighted by atomic mass is 16.5. The number of aliphatic hydroxyl groups is 4. The van der Waals surface area contributed by atoms with Gasteiger partial charge in [0.05, 0.1) is 11.1 Å². The Balaban J connectivity index is 1.54. The van der Waals surface area contributed by atoms with Gasteiger partial charge in [-0.3, -0.25) is 9.59 Å². The maximum atomic E-state index is 12.8. The normalized spacial score (nSPS) is 28.9. The molecule has 4 aliphatic rings. The molecule has 0 radical (unpaired) electrons. The zero-order chi connectivity index (χ0) is 29.0. The number of ether oxygens (including phenoxy) is 2. The fraction of sp³-hybridized carbons (Fsp3) is 0.267. The molecule has 2 aliphatic carbocycles. The molecule has 4 atom stereocenters. The molecule has 10 nitrogen and oxygen atoms in total. The third kappa shape index (κ3) is 3.05. The minimum absolute atomic E-state index is 0.00277. The first kappa shape index (κ1) is 25.7. The zero-order valence-corrected chi connectivity index (χ0v) is 21.9. The smallest absolute Gasteiger partial charge is 0.189 e. The summed E-state index contributed by atoms with van der Waals surface area (Å²) in [7, 11) is 0. The van der Waals surface area contributed by atoms with E-state index in [4.69, 9.17) is 9.47 Å². The SMILES string of the molecule is CC1=CC(=O)C2=C(O)c3c(ccc(-c4ccc5c(c4O)C(O)=C4C(=O)C=C(C)[C@H](O)[C@]4(C)O5)c3O)O[C@@]2(C)[C@H]1O. The van der Waals surface area contributed by atoms with Gasteiger partial charge in [0.15, 0.2) is 22.8 Å². The van der Waals surface area contributed by atoms with Gasteiger partial charge in [-0.15, -0.1) is 0 Å². The fourth-order valence-electron chi connectivity index (χ4n) is 6.18. The van der Waals surface area contributed by atoms with Gasteiger partial charge in [0.2, 0.25) is 0 Å². The van der Waals surface area contributed by atoms with Crippen LogP contribution in [0.1, 0.15) is 38.8 Å². The lowest BCUT2D eigenvalue weighted by molar-refractivity contribution is -0.116. The van der Waals surface area contributed by atoms with Crippen LogP contribution in [0.5, 0.6) is 23.0 Å². The van der Waals surface area contributed by atoms with Crippen molar-refractivity contribution in [3.63, 3.8) is 0 Å². The lowest BCUT2D eigenvalue weighted by Gasteiger charge is -2.43. The van der Waals surface area contributed by atoms with E-state index in [0.717, 1.165) is 0 Å². The number of aliphatic hydroxyl groups excluding tert-OH is 4. The summed E-state index contributed by atoms with van der Waals surface area (Å²) in [6, 6.07) is 5.62. The van der Waals surface area contributed by atoms with Gasteiger partial charge in [-0.2, -0.15) is 0 Å². The number of phenols is 2. The monoisotopic (exact) mass is 546 g/mol. The lowest BCUT2D eigenvalue weighted by Crippen LogP contribution is -2.53. The lowest BCUT2D eigenvalue weighted by atomic mass is 9.75. The summed E-state index contributed by atoms with van der Waals surface area (Å²) in [6.07, 6.45) is -0.0915. The van der Waals surface area contributed by atoms with Crippen molar-refractivity contribution in [1.82, 2.24) is 0 Å². The summed E-state index contributed by atoms with van der Waals surface area (Å²) in [5.74, 6) is -3.42. The summed E-state index contributed by atoms with van der Waals surface area (Å²) in [6.45, 7) is 6.06. The van der Waals surface area contributed by atoms with Crippen LogP contribution in [0.4, 0.5) is 0 Å². The van der Waals surface area contributed by atoms with E-state index in [0.29, 0.717) is 11.1 Å². The Labute approximate surface area is 228 Å². The molecule has 2 aliphatic heterocycles. The zero-order valence-electron chi connectivity index (χ0n) is 21.9. The number of hydrogen-bond donors (Lipinski definition) is 6. The molecule has 10 heteroatoms. The summed E-state index contributed by atoms with van der Waals surface area (Å²) in [5, 5.41) is 66.4. The van der Waals surface area contributed by atoms with E-state index in [-0.39, 0.29) is 44.9 Å². The highest BCUT2D eigenvalue weighted by molar-refractivity contribution is 6.14. The minimum Gasteiger partial charge on any atom is -0.506 e. The van der Waals surface area contributed by atoms with E-state index < -0.39 is 58.0 Å². The average Bonchev–Trinajstić information content (AvgIpc) is 2.86. The van der Waals surface area contributed by atoms with Gasteiger partial charge in [-0.25, -0.2) is 0 Å². The van der Waals surface area contributed by atoms with Gasteiger partial charge in [0, 0.05) is 11.1 Å². The summed E-state index contributed by atoms with van der Waals surface area (Å²) >= 11 is 0. The average molecular weight is 547 g/mol. The van der Waals surface area contributed by atoms with Crippen LogP contribution in [0.2, 0.25) is 0 Å². The van der Waals surface area contributed by atoms with Crippen LogP contribution in [-0.2, 0) is 9.59 Å². The van der Waals surface area contributed by atoms with Crippen molar-refractivity contribution in [2.45, 2.75) is 51.1 Å². The molecule has 0 saturated carbocycles. The van der Waals surface area contributed by atoms with Crippen LogP contribution in [-0.4, -0.2) is 65.6 Å². The van der Waals surface area contributed by atoms with Crippen molar-refractivity contribution < 1.29 is 49.7 Å². The predicted molar refractivity (Wildman–Crippen MR) is 142 cm³/mol. The molecular formula is C30H26O10. The number of ketones is 2. The van der Waals surface area contributed by atoms with E-state index in [2.05, 4.69) is 0 Å². The molecule has 6 rings (SSSR count). The molecule has 0 aromatic heterocycles. The number of fused-ring (bicyclic) bond motifs is 4. The number of rotatable bonds is 1. The van der Waals surface area contributed by atoms with Crippen molar-refractivity contribution in [2.75, 3.05) is 0 Å². The van der Waals surface area contributed by atoms with Gasteiger partial charge < -0.3 is 40.1 Å². The Kier molecular flexibility index (Phi) is 5.14. The van der Waals surface area contributed by atoms with E-state index >= 15 is 0 Å². The standard InChI is InChI=1S/C30H26O10/c1-11-9-15(31)21-25(35)19-17(39-29(21,3)27(11)37)7-5-13(23(19)33)14-6-8-18-20(24(14)34)26(36)22-16(32)10-12(2)28(38)30(22,4)40-18/h5-10,27-28,33-38H,1-4H3/t27-,28-,29+,30+/m0/s1. The Hall–Kier alpha value is -4.54. The first-order valence-corrected chi connectivity index (χ1v) is 12.5. The molecule has 0 spiro atoms. The second-order valence-electron chi connectivity index (χ2n) is 10.8. The molecule has 0 fully saturated rings. The molecular weight excluding hydrogens is 520 g/mol. The van der Waals surface area contributed by atoms with Gasteiger partial charge in [-0.1, -0.05) is 0 Å². The maximum Gasteiger partial charge on any atom is 0.189 e. The molecule has 2 aromatic carbocycles. The molecule has 0 amide bonds. The number of hydrogen-bond acceptors (Lipinski definition) is 10. The molecule has 2 heterocycles. The Morgan fingerprint density at radius 2 is 1.00 bits per heavy atom. The minimum atomic E-state index is -1.60. The number of allylic oxidation sites excluding steroid dienone is 2. The Morgan fingerprint density at radius 1 is 0.650 bits per heavy atom. The maximum absolute atomic E-state index is 12.8. The van der Waals surface area contributed by atoms with Crippen LogP contribution in [0.15, 0.2) is 58.7 Å². The summed E-state index contributed by atoms with van der Waals surface area (Å²) in [5.41, 5.74) is -3.36. The van der Waals surface area contributed by atoms with Crippen LogP contribution in [0.3, 0.4) is 0 Å². The molecule has 0 saturated heterocycles. The first-order valence-electron chi connectivity index (χ1n) is 12.5. The topological polar surface area (TPSA) is 174 Å². The highest BCUT2D eigenvalue weighted by Crippen LogP contribution is 2.54. The number of aromatic hydroxyl groups is 2. The van der Waals surface area contributed by atoms with Crippen LogP contribution >= 0.6 is 0 Å². The summed E-state index contributed by atoms with van der Waals surface area (Å²) in [4.78, 5) is 25.7. The van der Waals surface area contributed by atoms with Gasteiger partial charge in [0.1, 0.15) is 57.9 Å². The predicted octanol–water partition coefficient (Wildman–Crippen LogP) is 3.39. The van der Waals surface area contributed by atoms with E-state index in [1.54, 1.807) is 13.8 Å². The van der Waals surface area contributed by atoms with Crippen LogP contribution < -0.4 is 9.47 Å². The summed E-state index contributed by atoms with van der Waals surface area (Å²) < 4.78 is 11.9. The van der Waals surface area contributed by atoms with Crippen LogP contribution in [0, 0.1) is 0 Å². The molecule has 0 unspecified atom stereocenters. The van der Waals surface area contributed by atoms with Crippen molar-refractivity contribution in [3.05, 3.63) is 69.8 Å². The van der Waals surface area contributed by atoms with Crippen molar-refractivity contribution in [2.24, 2.45) is 0 Å². The molecule has 2 aromatic rings. The van der Waals surface area contributed by atoms with Crippen molar-refractivity contribution >= 4 is 23.1 Å². The highest BCUT2D eigenvalue weighted by Gasteiger charge is 2.53. The third-order valence-corrected chi connectivity index (χ3v) is 8.27. The number of benzene rings is 2. The van der Waals surface area contributed by atoms with Gasteiger partial charge in [-0.05, 0) is 75.3 Å². The third-order valence-electron chi connectivity index (χ3n) is 8.27. The number of carbonyl (C=O) groups is 2. The van der Waals surface area contributed by atoms with E-state index in [9.17, 15) is 40.2 Å². The van der Waals surface area contributed by atoms with Gasteiger partial charge in [0.25, 0.3) is 0 Å². The van der Waals surface area contributed by atoms with Crippen molar-refractivity contribution in [3.8, 4) is 34.1 Å². The number of phenolic OH excluding ortho intramolecular Hbond substituents is 2. The Morgan fingerprint density at radius 3 is 1.35 bits per heavy atom. The van der Waals surface area contributed by atoms with E-state index in [1.165, 1.54) is 50.3 Å². The van der Waals surface area contributed by atoms with Crippen LogP contribution in [0.25, 0.3) is 22.6 Å². The Bertz CT molecular complexity index is 1580. The molecule has 40 heavy (non-hydrogen) atoms. The quantitative estimate of drug-likeness (QED) is 0.311. The van der Waals surface area contributed by atoms with Crippen molar-refractivity contribution in [1.29, 1.82) is 0 Å². The van der Waals surface area contributed by atoms with E-state index in [1.807, 2.05) is 0 Å². The number of carbonyl (C=O) groups excluding carboxylic acids is 2. The molecule has 0 bridgehead atoms. The fourth-order valence-corrected chi connectivity index (χ4v) is 6.18. The molecule has 206 valence electrons. The second kappa shape index (κ2) is 8.00. The van der Waals surface area contributed by atoms with Gasteiger partial charge >= 0.3 is 0 Å².